The molecule has 0 saturated carbocycles. The number of anilines is 1. The number of hydrogen-bond donors (Lipinski definition) is 1. The molecule has 1 aromatic carbocycles. The van der Waals surface area contributed by atoms with Crippen molar-refractivity contribution in [2.75, 3.05) is 5.32 Å². The van der Waals surface area contributed by atoms with Crippen molar-refractivity contribution >= 4 is 5.69 Å². The fourth-order valence-corrected chi connectivity index (χ4v) is 2.17. The molecule has 0 amide bonds. The lowest BCUT2D eigenvalue weighted by Crippen LogP contribution is -2.02. The van der Waals surface area contributed by atoms with Crippen LogP contribution in [0.5, 0.6) is 0 Å². The van der Waals surface area contributed by atoms with Crippen molar-refractivity contribution in [2.24, 2.45) is 7.05 Å². The highest BCUT2D eigenvalue weighted by Crippen LogP contribution is 2.18. The van der Waals surface area contributed by atoms with Gasteiger partial charge in [0.15, 0.2) is 0 Å². The Morgan fingerprint density at radius 2 is 1.72 bits per heavy atom. The quantitative estimate of drug-likeness (QED) is 0.896. The molecule has 96 valence electrons. The zero-order chi connectivity index (χ0) is 13.3. The summed E-state index contributed by atoms with van der Waals surface area (Å²) >= 11 is 0. The van der Waals surface area contributed by atoms with E-state index in [2.05, 4.69) is 43.3 Å². The van der Waals surface area contributed by atoms with Crippen LogP contribution in [0.25, 0.3) is 0 Å². The first-order valence-corrected chi connectivity index (χ1v) is 6.28. The predicted octanol–water partition coefficient (Wildman–Crippen LogP) is 3.27. The summed E-state index contributed by atoms with van der Waals surface area (Å²) in [7, 11) is 1.94. The Bertz CT molecular complexity index is 567. The van der Waals surface area contributed by atoms with Gasteiger partial charge in [-0.3, -0.25) is 4.68 Å². The molecule has 1 N–H and O–H groups in total. The molecule has 0 atom stereocenters. The predicted molar refractivity (Wildman–Crippen MR) is 75.9 cm³/mol. The summed E-state index contributed by atoms with van der Waals surface area (Å²) in [6, 6.07) is 4.52. The van der Waals surface area contributed by atoms with Gasteiger partial charge in [-0.1, -0.05) is 12.1 Å². The first kappa shape index (κ1) is 12.7. The minimum atomic E-state index is 0.847. The molecule has 18 heavy (non-hydrogen) atoms. The summed E-state index contributed by atoms with van der Waals surface area (Å²) in [5.41, 5.74) is 7.54. The Morgan fingerprint density at radius 1 is 1.06 bits per heavy atom. The Hall–Kier alpha value is -1.77. The second-order valence-electron chi connectivity index (χ2n) is 5.02. The summed E-state index contributed by atoms with van der Waals surface area (Å²) < 4.78 is 1.84. The van der Waals surface area contributed by atoms with Crippen LogP contribution in [0, 0.1) is 27.7 Å². The molecule has 3 heteroatoms. The molecule has 1 aromatic heterocycles. The molecular weight excluding hydrogens is 222 g/mol. The van der Waals surface area contributed by atoms with E-state index in [-0.39, 0.29) is 0 Å². The molecule has 0 radical (unpaired) electrons. The molecule has 0 aliphatic heterocycles. The van der Waals surface area contributed by atoms with E-state index in [4.69, 9.17) is 0 Å². The number of aromatic nitrogens is 2. The van der Waals surface area contributed by atoms with E-state index in [1.807, 2.05) is 24.9 Å². The van der Waals surface area contributed by atoms with Gasteiger partial charge in [-0.15, -0.1) is 0 Å². The molecule has 0 saturated heterocycles. The Kier molecular flexibility index (Phi) is 3.41. The first-order valence-electron chi connectivity index (χ1n) is 6.28. The average molecular weight is 243 g/mol. The van der Waals surface area contributed by atoms with Crippen molar-refractivity contribution in [2.45, 2.75) is 34.2 Å². The van der Waals surface area contributed by atoms with E-state index in [1.54, 1.807) is 0 Å². The van der Waals surface area contributed by atoms with Gasteiger partial charge >= 0.3 is 0 Å². The third-order valence-electron chi connectivity index (χ3n) is 3.44. The number of aryl methyl sites for hydroxylation is 5. The molecule has 1 heterocycles. The van der Waals surface area contributed by atoms with Crippen LogP contribution < -0.4 is 5.32 Å². The molecule has 0 spiro atoms. The Morgan fingerprint density at radius 3 is 2.33 bits per heavy atom. The topological polar surface area (TPSA) is 29.9 Å². The molecule has 2 aromatic rings. The van der Waals surface area contributed by atoms with Gasteiger partial charge in [-0.25, -0.2) is 0 Å². The van der Waals surface area contributed by atoms with Crippen molar-refractivity contribution in [3.05, 3.63) is 46.3 Å². The monoisotopic (exact) mass is 243 g/mol. The number of nitrogens with zero attached hydrogens (tertiary/aromatic N) is 2. The van der Waals surface area contributed by atoms with Crippen LogP contribution in [-0.2, 0) is 13.6 Å². The maximum absolute atomic E-state index is 4.33. The third kappa shape index (κ3) is 2.55. The lowest BCUT2D eigenvalue weighted by atomic mass is 10.0. The van der Waals surface area contributed by atoms with Crippen molar-refractivity contribution in [1.82, 2.24) is 9.78 Å². The van der Waals surface area contributed by atoms with Gasteiger partial charge in [0.1, 0.15) is 0 Å². The molecular formula is C15H21N3. The van der Waals surface area contributed by atoms with Gasteiger partial charge in [0.05, 0.1) is 11.4 Å². The number of benzene rings is 1. The van der Waals surface area contributed by atoms with Crippen molar-refractivity contribution in [3.8, 4) is 0 Å². The number of nitrogens with one attached hydrogen (secondary N) is 1. The van der Waals surface area contributed by atoms with E-state index >= 15 is 0 Å². The van der Waals surface area contributed by atoms with Crippen LogP contribution in [0.3, 0.4) is 0 Å². The highest BCUT2D eigenvalue weighted by atomic mass is 15.3. The van der Waals surface area contributed by atoms with Crippen LogP contribution >= 0.6 is 0 Å². The summed E-state index contributed by atoms with van der Waals surface area (Å²) in [5, 5.41) is 7.79. The summed E-state index contributed by atoms with van der Waals surface area (Å²) in [5.74, 6) is 0. The Balaban J connectivity index is 2.15. The Labute approximate surface area is 109 Å². The van der Waals surface area contributed by atoms with Crippen molar-refractivity contribution in [3.63, 3.8) is 0 Å². The maximum Gasteiger partial charge on any atom is 0.0825 e. The minimum Gasteiger partial charge on any atom is -0.378 e. The fourth-order valence-electron chi connectivity index (χ4n) is 2.17. The summed E-state index contributed by atoms with van der Waals surface area (Å²) in [4.78, 5) is 0. The van der Waals surface area contributed by atoms with Gasteiger partial charge in [0.2, 0.25) is 0 Å². The standard InChI is InChI=1S/C15H21N3/c1-10-6-12(3)14(7-11(10)2)8-16-15-9-18(5)17-13(15)4/h6-7,9,16H,8H2,1-5H3. The van der Waals surface area contributed by atoms with E-state index < -0.39 is 0 Å². The lowest BCUT2D eigenvalue weighted by Gasteiger charge is -2.11. The van der Waals surface area contributed by atoms with Crippen LogP contribution in [-0.4, -0.2) is 9.78 Å². The zero-order valence-electron chi connectivity index (χ0n) is 11.8. The summed E-state index contributed by atoms with van der Waals surface area (Å²) in [6.07, 6.45) is 2.02. The van der Waals surface area contributed by atoms with E-state index in [9.17, 15) is 0 Å². The number of rotatable bonds is 3. The van der Waals surface area contributed by atoms with Crippen LogP contribution in [0.4, 0.5) is 5.69 Å². The maximum atomic E-state index is 4.33. The van der Waals surface area contributed by atoms with Gasteiger partial charge in [0, 0.05) is 19.8 Å². The summed E-state index contributed by atoms with van der Waals surface area (Å²) in [6.45, 7) is 9.35. The second-order valence-corrected chi connectivity index (χ2v) is 5.02. The molecule has 0 fully saturated rings. The van der Waals surface area contributed by atoms with Crippen LogP contribution in [0.15, 0.2) is 18.3 Å². The molecule has 0 aliphatic rings. The van der Waals surface area contributed by atoms with E-state index in [0.29, 0.717) is 0 Å². The number of hydrogen-bond acceptors (Lipinski definition) is 2. The average Bonchev–Trinajstić information content (AvgIpc) is 2.61. The van der Waals surface area contributed by atoms with Crippen LogP contribution in [0.2, 0.25) is 0 Å². The van der Waals surface area contributed by atoms with Crippen molar-refractivity contribution < 1.29 is 0 Å². The SMILES string of the molecule is Cc1cc(C)c(CNc2cn(C)nc2C)cc1C. The molecule has 3 nitrogen and oxygen atoms in total. The minimum absolute atomic E-state index is 0.847. The zero-order valence-corrected chi connectivity index (χ0v) is 11.8. The normalized spacial score (nSPS) is 10.7. The van der Waals surface area contributed by atoms with Gasteiger partial charge in [-0.2, -0.15) is 5.10 Å². The molecule has 0 unspecified atom stereocenters. The second kappa shape index (κ2) is 4.84. The van der Waals surface area contributed by atoms with E-state index in [0.717, 1.165) is 17.9 Å². The van der Waals surface area contributed by atoms with Gasteiger partial charge in [0.25, 0.3) is 0 Å². The highest BCUT2D eigenvalue weighted by molar-refractivity contribution is 5.47. The van der Waals surface area contributed by atoms with Gasteiger partial charge < -0.3 is 5.32 Å². The first-order chi connectivity index (χ1) is 8.47. The third-order valence-corrected chi connectivity index (χ3v) is 3.44. The lowest BCUT2D eigenvalue weighted by molar-refractivity contribution is 0.756. The van der Waals surface area contributed by atoms with Crippen molar-refractivity contribution in [1.29, 1.82) is 0 Å². The van der Waals surface area contributed by atoms with Gasteiger partial charge in [-0.05, 0) is 49.9 Å². The molecule has 0 aliphatic carbocycles. The fraction of sp³-hybridized carbons (Fsp3) is 0.400. The highest BCUT2D eigenvalue weighted by Gasteiger charge is 2.05. The van der Waals surface area contributed by atoms with Crippen LogP contribution in [0.1, 0.15) is 27.9 Å². The largest absolute Gasteiger partial charge is 0.378 e. The smallest absolute Gasteiger partial charge is 0.0825 e. The molecule has 2 rings (SSSR count). The molecule has 0 bridgehead atoms. The van der Waals surface area contributed by atoms with E-state index in [1.165, 1.54) is 22.3 Å².